The van der Waals surface area contributed by atoms with E-state index in [1.54, 1.807) is 0 Å². The van der Waals surface area contributed by atoms with Crippen molar-refractivity contribution < 1.29 is 96.2 Å². The molecule has 3 atom stereocenters. The molecule has 2 heterocycles. The average Bonchev–Trinajstić information content (AvgIpc) is 3.35. The summed E-state index contributed by atoms with van der Waals surface area (Å²) in [4.78, 5) is 1.64. The summed E-state index contributed by atoms with van der Waals surface area (Å²) in [6.45, 7) is 5.94. The van der Waals surface area contributed by atoms with Crippen LogP contribution in [0.15, 0.2) is 12.4 Å². The van der Waals surface area contributed by atoms with Crippen molar-refractivity contribution in [2.24, 2.45) is 0 Å². The van der Waals surface area contributed by atoms with E-state index in [-0.39, 0.29) is 6.61 Å². The SMILES string of the molecule is CCCCN1C=CN(C)C1.CCOS(=O)(=O)O.CN1C(F)(C(F)(F)C(F)(F)F)NC(F)(C(F)(F)C(F)(F)F)C1(F)C(F)(F)C(F)(F)F. The minimum Gasteiger partial charge on any atom is -0.362 e. The fourth-order valence-corrected chi connectivity index (χ4v) is 3.95. The van der Waals surface area contributed by atoms with Crippen LogP contribution in [0.1, 0.15) is 26.7 Å². The second-order valence-electron chi connectivity index (χ2n) is 9.50. The zero-order valence-corrected chi connectivity index (χ0v) is 24.7. The van der Waals surface area contributed by atoms with Crippen molar-refractivity contribution in [2.45, 2.75) is 80.5 Å². The lowest BCUT2D eigenvalue weighted by atomic mass is 9.90. The lowest BCUT2D eigenvalue weighted by Gasteiger charge is -2.44. The number of hydrogen-bond donors (Lipinski definition) is 2. The third-order valence-electron chi connectivity index (χ3n) is 6.05. The van der Waals surface area contributed by atoms with Crippen LogP contribution < -0.4 is 5.32 Å². The number of alkyl halides is 18. The van der Waals surface area contributed by atoms with E-state index in [1.165, 1.54) is 26.3 Å². The molecule has 0 aromatic heterocycles. The Kier molecular flexibility index (Phi) is 13.4. The van der Waals surface area contributed by atoms with E-state index in [2.05, 4.69) is 40.4 Å². The maximum absolute atomic E-state index is 14.6. The van der Waals surface area contributed by atoms with Gasteiger partial charge in [-0.3, -0.25) is 4.55 Å². The molecule has 0 spiro atoms. The summed E-state index contributed by atoms with van der Waals surface area (Å²) in [5.41, 5.74) is 0. The van der Waals surface area contributed by atoms with Crippen LogP contribution in [0.4, 0.5) is 79.0 Å². The maximum Gasteiger partial charge on any atom is 0.459 e. The first-order valence-electron chi connectivity index (χ1n) is 12.2. The minimum absolute atomic E-state index is 0.0289. The van der Waals surface area contributed by atoms with E-state index in [4.69, 9.17) is 4.55 Å². The first kappa shape index (κ1) is 44.9. The Balaban J connectivity index is 0.00000101. The average molecular weight is 760 g/mol. The van der Waals surface area contributed by atoms with Gasteiger partial charge in [0.1, 0.15) is 0 Å². The van der Waals surface area contributed by atoms with Gasteiger partial charge in [0.2, 0.25) is 0 Å². The Bertz CT molecular complexity index is 1180. The van der Waals surface area contributed by atoms with Gasteiger partial charge in [0.05, 0.1) is 13.3 Å². The quantitative estimate of drug-likeness (QED) is 0.168. The van der Waals surface area contributed by atoms with E-state index >= 15 is 0 Å². The van der Waals surface area contributed by atoms with Gasteiger partial charge in [0.25, 0.3) is 17.5 Å². The highest BCUT2D eigenvalue weighted by Gasteiger charge is 2.98. The third kappa shape index (κ3) is 8.37. The maximum atomic E-state index is 14.6. The summed E-state index contributed by atoms with van der Waals surface area (Å²) in [7, 11) is -3.34. The number of nitrogens with zero attached hydrogens (tertiary/aromatic N) is 3. The minimum atomic E-state index is -7.92. The Hall–Kier alpha value is -2.13. The van der Waals surface area contributed by atoms with Crippen molar-refractivity contribution in [1.82, 2.24) is 20.0 Å². The molecule has 8 nitrogen and oxygen atoms in total. The summed E-state index contributed by atoms with van der Waals surface area (Å²) in [5.74, 6) is -45.3. The molecular formula is C20H26F18N4O4S. The topological polar surface area (TPSA) is 85.3 Å². The van der Waals surface area contributed by atoms with Crippen molar-refractivity contribution in [3.63, 3.8) is 0 Å². The zero-order valence-electron chi connectivity index (χ0n) is 23.9. The van der Waals surface area contributed by atoms with Gasteiger partial charge in [-0.25, -0.2) is 27.6 Å². The Morgan fingerprint density at radius 3 is 1.47 bits per heavy atom. The second kappa shape index (κ2) is 14.0. The lowest BCUT2D eigenvalue weighted by Crippen LogP contribution is -2.76. The Morgan fingerprint density at radius 1 is 0.766 bits per heavy atom. The first-order chi connectivity index (χ1) is 20.5. The predicted octanol–water partition coefficient (Wildman–Crippen LogP) is 6.36. The molecule has 1 fully saturated rings. The number of rotatable bonds is 8. The zero-order chi connectivity index (χ0) is 38.1. The second-order valence-corrected chi connectivity index (χ2v) is 10.6. The fourth-order valence-electron chi connectivity index (χ4n) is 3.66. The highest BCUT2D eigenvalue weighted by Crippen LogP contribution is 2.66. The van der Waals surface area contributed by atoms with Gasteiger partial charge in [-0.15, -0.1) is 0 Å². The smallest absolute Gasteiger partial charge is 0.362 e. The third-order valence-corrected chi connectivity index (χ3v) is 6.59. The standard InChI is InChI=1S/C10H4F18N2.C8H16N2.C2H6O4S/c1-30-6(18,3(13,14)8(22,23)24)5(17,2(11,12)7(19,20)21)29-10(30,28)4(15,16)9(25,26)27;1-3-4-5-10-7-6-9(2)8-10;1-2-6-7(3,4)5/h29H,1H3;6-7H,3-5,8H2,1-2H3;2H2,1H3,(H,3,4,5). The molecule has 47 heavy (non-hydrogen) atoms. The molecule has 2 aliphatic heterocycles. The van der Waals surface area contributed by atoms with Gasteiger partial charge in [-0.05, 0) is 20.4 Å². The highest BCUT2D eigenvalue weighted by atomic mass is 32.3. The van der Waals surface area contributed by atoms with Crippen LogP contribution in [-0.4, -0.2) is 115 Å². The van der Waals surface area contributed by atoms with Gasteiger partial charge in [0, 0.05) is 26.0 Å². The summed E-state index contributed by atoms with van der Waals surface area (Å²) in [5, 5.41) is -1.25. The molecule has 2 aliphatic rings. The number of halogens is 18. The lowest BCUT2D eigenvalue weighted by molar-refractivity contribution is -0.416. The van der Waals surface area contributed by atoms with Crippen molar-refractivity contribution in [1.29, 1.82) is 0 Å². The molecule has 27 heteroatoms. The van der Waals surface area contributed by atoms with Crippen LogP contribution >= 0.6 is 0 Å². The van der Waals surface area contributed by atoms with Crippen molar-refractivity contribution in [3.8, 4) is 0 Å². The van der Waals surface area contributed by atoms with E-state index < -0.39 is 81.5 Å². The summed E-state index contributed by atoms with van der Waals surface area (Å²) >= 11 is 0. The van der Waals surface area contributed by atoms with Crippen LogP contribution in [0.5, 0.6) is 0 Å². The molecule has 0 amide bonds. The molecule has 0 aliphatic carbocycles. The largest absolute Gasteiger partial charge is 0.459 e. The van der Waals surface area contributed by atoms with E-state index in [1.807, 2.05) is 0 Å². The van der Waals surface area contributed by atoms with Crippen LogP contribution in [-0.2, 0) is 14.6 Å². The summed E-state index contributed by atoms with van der Waals surface area (Å²) < 4.78 is 266. The fraction of sp³-hybridized carbons (Fsp3) is 0.900. The Labute approximate surface area is 254 Å². The molecule has 0 radical (unpaired) electrons. The van der Waals surface area contributed by atoms with E-state index in [0.717, 1.165) is 6.67 Å². The van der Waals surface area contributed by atoms with Crippen LogP contribution in [0.3, 0.4) is 0 Å². The summed E-state index contributed by atoms with van der Waals surface area (Å²) in [6.07, 6.45) is -16.0. The van der Waals surface area contributed by atoms with Gasteiger partial charge in [-0.2, -0.15) is 74.3 Å². The van der Waals surface area contributed by atoms with Crippen LogP contribution in [0, 0.1) is 0 Å². The van der Waals surface area contributed by atoms with Gasteiger partial charge >= 0.3 is 46.7 Å². The number of hydrogen-bond acceptors (Lipinski definition) is 7. The molecule has 0 bridgehead atoms. The molecule has 0 saturated carbocycles. The molecule has 0 aromatic rings. The molecule has 2 rings (SSSR count). The van der Waals surface area contributed by atoms with Crippen molar-refractivity contribution >= 4 is 10.4 Å². The normalized spacial score (nSPS) is 26.6. The first-order valence-corrected chi connectivity index (χ1v) is 13.5. The van der Waals surface area contributed by atoms with Crippen molar-refractivity contribution in [3.05, 3.63) is 12.4 Å². The van der Waals surface area contributed by atoms with E-state index in [0.29, 0.717) is 0 Å². The number of likely N-dealkylation sites (N-methyl/N-ethyl adjacent to an activating group) is 1. The van der Waals surface area contributed by atoms with E-state index in [9.17, 15) is 87.4 Å². The summed E-state index contributed by atoms with van der Waals surface area (Å²) in [6, 6.07) is 0. The van der Waals surface area contributed by atoms with Crippen molar-refractivity contribution in [2.75, 3.05) is 33.9 Å². The number of nitrogens with one attached hydrogen (secondary N) is 1. The molecular weight excluding hydrogens is 734 g/mol. The van der Waals surface area contributed by atoms with Crippen LogP contribution in [0.25, 0.3) is 0 Å². The van der Waals surface area contributed by atoms with Crippen LogP contribution in [0.2, 0.25) is 0 Å². The van der Waals surface area contributed by atoms with Gasteiger partial charge in [-0.1, -0.05) is 13.3 Å². The molecule has 282 valence electrons. The molecule has 2 N–H and O–H groups in total. The highest BCUT2D eigenvalue weighted by molar-refractivity contribution is 7.80. The van der Waals surface area contributed by atoms with Gasteiger partial charge < -0.3 is 9.80 Å². The molecule has 0 aromatic carbocycles. The number of unbranched alkanes of at least 4 members (excludes halogenated alkanes) is 1. The Morgan fingerprint density at radius 2 is 1.19 bits per heavy atom. The molecule has 3 unspecified atom stereocenters. The molecule has 1 saturated heterocycles. The monoisotopic (exact) mass is 760 g/mol. The predicted molar refractivity (Wildman–Crippen MR) is 122 cm³/mol. The van der Waals surface area contributed by atoms with Gasteiger partial charge in [0.15, 0.2) is 0 Å².